The van der Waals surface area contributed by atoms with Crippen molar-refractivity contribution in [2.75, 3.05) is 5.32 Å². The van der Waals surface area contributed by atoms with Gasteiger partial charge in [0.25, 0.3) is 0 Å². The van der Waals surface area contributed by atoms with Gasteiger partial charge in [-0.25, -0.2) is 0 Å². The molecule has 1 amide bonds. The monoisotopic (exact) mass is 317 g/mol. The van der Waals surface area contributed by atoms with E-state index in [-0.39, 0.29) is 18.4 Å². The van der Waals surface area contributed by atoms with Gasteiger partial charge in [0.15, 0.2) is 0 Å². The van der Waals surface area contributed by atoms with Crippen LogP contribution in [0.15, 0.2) is 30.3 Å². The molecule has 1 aromatic carbocycles. The molecule has 0 spiro atoms. The summed E-state index contributed by atoms with van der Waals surface area (Å²) in [5.41, 5.74) is 0.691. The largest absolute Gasteiger partial charge is 0.462 e. The van der Waals surface area contributed by atoms with Gasteiger partial charge in [-0.1, -0.05) is 45.4 Å². The Hall–Kier alpha value is -1.84. The summed E-state index contributed by atoms with van der Waals surface area (Å²) >= 11 is 0. The van der Waals surface area contributed by atoms with Crippen molar-refractivity contribution in [3.63, 3.8) is 0 Å². The molecule has 0 bridgehead atoms. The van der Waals surface area contributed by atoms with Crippen LogP contribution in [-0.4, -0.2) is 18.0 Å². The Morgan fingerprint density at radius 2 is 1.91 bits per heavy atom. The predicted molar refractivity (Wildman–Crippen MR) is 90.9 cm³/mol. The summed E-state index contributed by atoms with van der Waals surface area (Å²) in [5.74, 6) is 0.695. The molecule has 3 atom stereocenters. The van der Waals surface area contributed by atoms with Crippen LogP contribution in [0.5, 0.6) is 0 Å². The number of esters is 1. The number of carbonyl (C=O) groups is 2. The molecule has 1 N–H and O–H groups in total. The van der Waals surface area contributed by atoms with Crippen molar-refractivity contribution < 1.29 is 14.3 Å². The lowest BCUT2D eigenvalue weighted by molar-refractivity contribution is -0.156. The first-order valence-corrected chi connectivity index (χ1v) is 8.50. The number of benzene rings is 1. The number of amides is 1. The van der Waals surface area contributed by atoms with Gasteiger partial charge in [-0.05, 0) is 42.7 Å². The highest BCUT2D eigenvalue weighted by molar-refractivity contribution is 6.01. The van der Waals surface area contributed by atoms with E-state index in [1.807, 2.05) is 18.2 Å². The van der Waals surface area contributed by atoms with Crippen molar-refractivity contribution in [1.82, 2.24) is 0 Å². The van der Waals surface area contributed by atoms with Crippen LogP contribution < -0.4 is 5.32 Å². The van der Waals surface area contributed by atoms with Gasteiger partial charge >= 0.3 is 5.97 Å². The summed E-state index contributed by atoms with van der Waals surface area (Å²) in [4.78, 5) is 24.0. The topological polar surface area (TPSA) is 55.4 Å². The van der Waals surface area contributed by atoms with Gasteiger partial charge in [0.05, 0.1) is 0 Å². The first-order valence-electron chi connectivity index (χ1n) is 8.50. The van der Waals surface area contributed by atoms with Gasteiger partial charge in [0, 0.05) is 5.69 Å². The van der Waals surface area contributed by atoms with Gasteiger partial charge in [-0.15, -0.1) is 0 Å². The lowest BCUT2D eigenvalue weighted by Crippen LogP contribution is -2.36. The molecule has 0 heterocycles. The van der Waals surface area contributed by atoms with Crippen LogP contribution >= 0.6 is 0 Å². The van der Waals surface area contributed by atoms with Crippen LogP contribution in [0, 0.1) is 17.8 Å². The zero-order chi connectivity index (χ0) is 16.8. The van der Waals surface area contributed by atoms with Gasteiger partial charge < -0.3 is 10.1 Å². The maximum absolute atomic E-state index is 12.1. The number of anilines is 1. The first kappa shape index (κ1) is 17.5. The molecular formula is C19H27NO3. The number of rotatable bonds is 5. The van der Waals surface area contributed by atoms with Crippen LogP contribution in [0.25, 0.3) is 0 Å². The van der Waals surface area contributed by atoms with E-state index in [9.17, 15) is 9.59 Å². The van der Waals surface area contributed by atoms with Crippen LogP contribution in [0.4, 0.5) is 5.69 Å². The van der Waals surface area contributed by atoms with E-state index in [0.29, 0.717) is 23.4 Å². The second-order valence-corrected chi connectivity index (χ2v) is 6.95. The highest BCUT2D eigenvalue weighted by atomic mass is 16.5. The molecule has 1 aliphatic carbocycles. The molecule has 126 valence electrons. The minimum atomic E-state index is -0.428. The fraction of sp³-hybridized carbons (Fsp3) is 0.579. The lowest BCUT2D eigenvalue weighted by atomic mass is 9.75. The third-order valence-electron chi connectivity index (χ3n) is 4.61. The predicted octanol–water partition coefficient (Wildman–Crippen LogP) is 4.02. The molecule has 1 saturated carbocycles. The molecule has 0 unspecified atom stereocenters. The average molecular weight is 317 g/mol. The summed E-state index contributed by atoms with van der Waals surface area (Å²) in [6, 6.07) is 9.14. The summed E-state index contributed by atoms with van der Waals surface area (Å²) in [7, 11) is 0. The van der Waals surface area contributed by atoms with Gasteiger partial charge in [0.1, 0.15) is 12.5 Å². The number of hydrogen-bond acceptors (Lipinski definition) is 3. The Balaban J connectivity index is 1.86. The van der Waals surface area contributed by atoms with Gasteiger partial charge in [-0.3, -0.25) is 9.59 Å². The van der Waals surface area contributed by atoms with E-state index < -0.39 is 5.97 Å². The molecule has 1 fully saturated rings. The second-order valence-electron chi connectivity index (χ2n) is 6.95. The van der Waals surface area contributed by atoms with Crippen LogP contribution in [0.3, 0.4) is 0 Å². The highest BCUT2D eigenvalue weighted by Crippen LogP contribution is 2.35. The Bertz CT molecular complexity index is 527. The minimum Gasteiger partial charge on any atom is -0.462 e. The normalized spacial score (nSPS) is 24.3. The molecule has 1 aromatic rings. The van der Waals surface area contributed by atoms with Crippen molar-refractivity contribution in [2.24, 2.45) is 17.8 Å². The molecule has 0 radical (unpaired) electrons. The summed E-state index contributed by atoms with van der Waals surface area (Å²) in [5, 5.41) is 2.71. The Morgan fingerprint density at radius 3 is 2.57 bits per heavy atom. The molecule has 0 saturated heterocycles. The molecule has 4 heteroatoms. The zero-order valence-corrected chi connectivity index (χ0v) is 14.2. The number of carbonyl (C=O) groups excluding carboxylic acids is 2. The van der Waals surface area contributed by atoms with Crippen molar-refractivity contribution in [2.45, 2.75) is 52.6 Å². The summed E-state index contributed by atoms with van der Waals surface area (Å²) < 4.78 is 5.64. The van der Waals surface area contributed by atoms with Gasteiger partial charge in [-0.2, -0.15) is 0 Å². The van der Waals surface area contributed by atoms with E-state index in [0.717, 1.165) is 12.8 Å². The number of nitrogens with one attached hydrogen (secondary N) is 1. The Kier molecular flexibility index (Phi) is 6.20. The maximum atomic E-state index is 12.1. The smallest absolute Gasteiger partial charge is 0.315 e. The fourth-order valence-electron chi connectivity index (χ4n) is 3.32. The van der Waals surface area contributed by atoms with E-state index in [1.165, 1.54) is 6.42 Å². The van der Waals surface area contributed by atoms with Crippen molar-refractivity contribution in [3.05, 3.63) is 30.3 Å². The van der Waals surface area contributed by atoms with Crippen molar-refractivity contribution >= 4 is 17.6 Å². The third kappa shape index (κ3) is 5.38. The zero-order valence-electron chi connectivity index (χ0n) is 14.2. The SMILES string of the molecule is CC(C)[C@@H]1CC[C@@H](C)C[C@H]1OC(=O)CC(=O)Nc1ccccc1. The Labute approximate surface area is 138 Å². The Morgan fingerprint density at radius 1 is 1.22 bits per heavy atom. The molecule has 23 heavy (non-hydrogen) atoms. The van der Waals surface area contributed by atoms with Crippen LogP contribution in [0.2, 0.25) is 0 Å². The fourth-order valence-corrected chi connectivity index (χ4v) is 3.32. The molecule has 4 nitrogen and oxygen atoms in total. The number of hydrogen-bond donors (Lipinski definition) is 1. The first-order chi connectivity index (χ1) is 11.0. The molecule has 0 aromatic heterocycles. The van der Waals surface area contributed by atoms with Crippen LogP contribution in [-0.2, 0) is 14.3 Å². The highest BCUT2D eigenvalue weighted by Gasteiger charge is 2.33. The molecule has 1 aliphatic rings. The maximum Gasteiger partial charge on any atom is 0.315 e. The van der Waals surface area contributed by atoms with Crippen molar-refractivity contribution in [1.29, 1.82) is 0 Å². The molecule has 0 aliphatic heterocycles. The third-order valence-corrected chi connectivity index (χ3v) is 4.61. The van der Waals surface area contributed by atoms with E-state index >= 15 is 0 Å². The lowest BCUT2D eigenvalue weighted by Gasteiger charge is -2.36. The van der Waals surface area contributed by atoms with E-state index in [4.69, 9.17) is 4.74 Å². The minimum absolute atomic E-state index is 0.0595. The average Bonchev–Trinajstić information content (AvgIpc) is 2.47. The van der Waals surface area contributed by atoms with Crippen LogP contribution in [0.1, 0.15) is 46.5 Å². The number of ether oxygens (including phenoxy) is 1. The quantitative estimate of drug-likeness (QED) is 0.659. The second kappa shape index (κ2) is 8.14. The van der Waals surface area contributed by atoms with Gasteiger partial charge in [0.2, 0.25) is 5.91 Å². The van der Waals surface area contributed by atoms with E-state index in [2.05, 4.69) is 26.1 Å². The van der Waals surface area contributed by atoms with E-state index in [1.54, 1.807) is 12.1 Å². The summed E-state index contributed by atoms with van der Waals surface area (Å²) in [6.07, 6.45) is 2.88. The molecular weight excluding hydrogens is 290 g/mol. The number of para-hydroxylation sites is 1. The standard InChI is InChI=1S/C19H27NO3/c1-13(2)16-10-9-14(3)11-17(16)23-19(22)12-18(21)20-15-7-5-4-6-8-15/h4-8,13-14,16-17H,9-12H2,1-3H3,(H,20,21)/t14-,16+,17-/m1/s1. The molecule has 2 rings (SSSR count). The summed E-state index contributed by atoms with van der Waals surface area (Å²) in [6.45, 7) is 6.53. The van der Waals surface area contributed by atoms with Crippen molar-refractivity contribution in [3.8, 4) is 0 Å².